The molecule has 12 heteroatoms. The van der Waals surface area contributed by atoms with Crippen molar-refractivity contribution in [2.45, 2.75) is 46.1 Å². The number of rotatable bonds is 7. The average Bonchev–Trinajstić information content (AvgIpc) is 3.44. The first-order valence-corrected chi connectivity index (χ1v) is 12.6. The first-order valence-electron chi connectivity index (χ1n) is 11.0. The highest BCUT2D eigenvalue weighted by atomic mass is 32.1. The van der Waals surface area contributed by atoms with E-state index < -0.39 is 5.41 Å². The summed E-state index contributed by atoms with van der Waals surface area (Å²) in [4.78, 5) is 26.5. The molecule has 0 spiro atoms. The Morgan fingerprint density at radius 1 is 1.00 bits per heavy atom. The van der Waals surface area contributed by atoms with E-state index in [0.717, 1.165) is 36.6 Å². The first kappa shape index (κ1) is 24.0. The molecule has 3 heterocycles. The lowest BCUT2D eigenvalue weighted by molar-refractivity contribution is -0.123. The highest BCUT2D eigenvalue weighted by molar-refractivity contribution is 7.19. The molecule has 2 aromatic heterocycles. The molecule has 2 N–H and O–H groups in total. The molecule has 2 amide bonds. The van der Waals surface area contributed by atoms with Gasteiger partial charge >= 0.3 is 0 Å². The van der Waals surface area contributed by atoms with Gasteiger partial charge in [-0.2, -0.15) is 0 Å². The number of carbonyl (C=O) groups is 2. The van der Waals surface area contributed by atoms with Crippen LogP contribution in [0.1, 0.15) is 39.2 Å². The lowest BCUT2D eigenvalue weighted by Gasteiger charge is -2.30. The van der Waals surface area contributed by atoms with Gasteiger partial charge in [0.25, 0.3) is 5.19 Å². The molecule has 0 unspecified atom stereocenters. The van der Waals surface area contributed by atoms with E-state index in [0.29, 0.717) is 21.9 Å². The molecule has 10 nitrogen and oxygen atoms in total. The minimum atomic E-state index is -0.505. The van der Waals surface area contributed by atoms with Gasteiger partial charge in [0.1, 0.15) is 6.10 Å². The normalized spacial score (nSPS) is 14.6. The third-order valence-electron chi connectivity index (χ3n) is 5.16. The molecule has 1 saturated heterocycles. The molecular weight excluding hydrogens is 474 g/mol. The van der Waals surface area contributed by atoms with Crippen LogP contribution in [-0.4, -0.2) is 51.4 Å². The predicted octanol–water partition coefficient (Wildman–Crippen LogP) is 3.60. The Morgan fingerprint density at radius 3 is 2.38 bits per heavy atom. The van der Waals surface area contributed by atoms with Crippen LogP contribution < -0.4 is 20.3 Å². The van der Waals surface area contributed by atoms with Crippen molar-refractivity contribution >= 4 is 49.9 Å². The number of nitrogens with one attached hydrogen (secondary N) is 2. The fourth-order valence-electron chi connectivity index (χ4n) is 3.24. The van der Waals surface area contributed by atoms with Gasteiger partial charge in [0.15, 0.2) is 0 Å². The van der Waals surface area contributed by atoms with Crippen LogP contribution in [0.3, 0.4) is 0 Å². The zero-order chi connectivity index (χ0) is 24.1. The van der Waals surface area contributed by atoms with E-state index in [1.165, 1.54) is 22.7 Å². The quantitative estimate of drug-likeness (QED) is 0.504. The van der Waals surface area contributed by atoms with Crippen LogP contribution in [0, 0.1) is 5.41 Å². The predicted molar refractivity (Wildman–Crippen MR) is 133 cm³/mol. The zero-order valence-electron chi connectivity index (χ0n) is 19.3. The maximum atomic E-state index is 12.3. The summed E-state index contributed by atoms with van der Waals surface area (Å²) < 4.78 is 5.98. The second-order valence-corrected chi connectivity index (χ2v) is 10.9. The smallest absolute Gasteiger partial charge is 0.296 e. The molecule has 180 valence electrons. The Morgan fingerprint density at radius 2 is 1.68 bits per heavy atom. The molecular formula is C22H27N7O3S2. The van der Waals surface area contributed by atoms with Gasteiger partial charge in [-0.1, -0.05) is 67.5 Å². The van der Waals surface area contributed by atoms with E-state index >= 15 is 0 Å². The van der Waals surface area contributed by atoms with Crippen molar-refractivity contribution in [1.29, 1.82) is 0 Å². The second-order valence-electron chi connectivity index (χ2n) is 8.98. The number of aromatic nitrogens is 4. The summed E-state index contributed by atoms with van der Waals surface area (Å²) in [7, 11) is 0. The Balaban J connectivity index is 1.23. The van der Waals surface area contributed by atoms with Crippen LogP contribution in [0.15, 0.2) is 30.3 Å². The molecule has 1 aromatic carbocycles. The summed E-state index contributed by atoms with van der Waals surface area (Å²) in [5.74, 6) is -0.229. The Hall–Kier alpha value is -3.12. The van der Waals surface area contributed by atoms with E-state index in [9.17, 15) is 9.59 Å². The molecule has 0 radical (unpaired) electrons. The van der Waals surface area contributed by atoms with Gasteiger partial charge in [-0.15, -0.1) is 15.3 Å². The molecule has 34 heavy (non-hydrogen) atoms. The molecule has 3 aromatic rings. The number of amides is 2. The number of hydrogen-bond donors (Lipinski definition) is 2. The van der Waals surface area contributed by atoms with Crippen molar-refractivity contribution < 1.29 is 14.3 Å². The molecule has 0 saturated carbocycles. The lowest BCUT2D eigenvalue weighted by atomic mass is 9.96. The maximum absolute atomic E-state index is 12.3. The molecule has 0 aliphatic carbocycles. The average molecular weight is 502 g/mol. The molecule has 0 bridgehead atoms. The van der Waals surface area contributed by atoms with Gasteiger partial charge in [-0.25, -0.2) is 0 Å². The van der Waals surface area contributed by atoms with Gasteiger partial charge in [0, 0.05) is 31.3 Å². The number of nitrogens with zero attached hydrogens (tertiary/aromatic N) is 5. The van der Waals surface area contributed by atoms with E-state index in [4.69, 9.17) is 4.74 Å². The monoisotopic (exact) mass is 501 g/mol. The van der Waals surface area contributed by atoms with Crippen LogP contribution in [-0.2, 0) is 16.0 Å². The van der Waals surface area contributed by atoms with Gasteiger partial charge in [0.2, 0.25) is 27.2 Å². The minimum absolute atomic E-state index is 0.00772. The summed E-state index contributed by atoms with van der Waals surface area (Å²) in [6, 6.07) is 9.58. The van der Waals surface area contributed by atoms with Crippen molar-refractivity contribution in [3.8, 4) is 5.19 Å². The Bertz CT molecular complexity index is 1120. The Kier molecular flexibility index (Phi) is 7.37. The third-order valence-corrected chi connectivity index (χ3v) is 6.79. The summed E-state index contributed by atoms with van der Waals surface area (Å²) in [5, 5.41) is 24.1. The van der Waals surface area contributed by atoms with Gasteiger partial charge < -0.3 is 15.0 Å². The minimum Gasteiger partial charge on any atom is -0.465 e. The van der Waals surface area contributed by atoms with Crippen LogP contribution in [0.4, 0.5) is 15.4 Å². The number of hydrogen-bond acceptors (Lipinski definition) is 10. The van der Waals surface area contributed by atoms with Crippen molar-refractivity contribution in [3.63, 3.8) is 0 Å². The van der Waals surface area contributed by atoms with Crippen molar-refractivity contribution in [3.05, 3.63) is 35.9 Å². The number of piperidine rings is 1. The third kappa shape index (κ3) is 6.48. The van der Waals surface area contributed by atoms with E-state index in [2.05, 4.69) is 35.9 Å². The van der Waals surface area contributed by atoms with Gasteiger partial charge in [-0.05, 0) is 16.9 Å². The second kappa shape index (κ2) is 10.4. The SMILES string of the molecule is CC(C)(C)C(=O)Nc1nnc(OC2CCN(c3nnc(NC(=O)Cc4ccccc4)s3)CC2)s1. The van der Waals surface area contributed by atoms with E-state index in [1.54, 1.807) is 0 Å². The molecule has 1 fully saturated rings. The molecule has 1 aliphatic rings. The van der Waals surface area contributed by atoms with E-state index in [1.807, 2.05) is 51.1 Å². The number of benzene rings is 1. The number of anilines is 3. The highest BCUT2D eigenvalue weighted by Gasteiger charge is 2.26. The van der Waals surface area contributed by atoms with Crippen molar-refractivity contribution in [1.82, 2.24) is 20.4 Å². The fraction of sp³-hybridized carbons (Fsp3) is 0.455. The number of carbonyl (C=O) groups excluding carboxylic acids is 2. The van der Waals surface area contributed by atoms with Crippen LogP contribution in [0.25, 0.3) is 0 Å². The topological polar surface area (TPSA) is 122 Å². The summed E-state index contributed by atoms with van der Waals surface area (Å²) in [6.07, 6.45) is 1.89. The zero-order valence-corrected chi connectivity index (χ0v) is 20.9. The standard InChI is InChI=1S/C22H27N7O3S2/c1-22(2,3)17(31)24-19-26-28-21(34-19)32-15-9-11-29(12-10-15)20-27-25-18(33-20)23-16(30)13-14-7-5-4-6-8-14/h4-8,15H,9-13H2,1-3H3,(H,23,25,30)(H,24,26,31). The van der Waals surface area contributed by atoms with E-state index in [-0.39, 0.29) is 17.9 Å². The maximum Gasteiger partial charge on any atom is 0.296 e. The van der Waals surface area contributed by atoms with Gasteiger partial charge in [0.05, 0.1) is 6.42 Å². The first-order chi connectivity index (χ1) is 16.3. The Labute approximate surface area is 205 Å². The largest absolute Gasteiger partial charge is 0.465 e. The fourth-order valence-corrected chi connectivity index (χ4v) is 4.71. The molecule has 0 atom stereocenters. The van der Waals surface area contributed by atoms with Crippen molar-refractivity contribution in [2.24, 2.45) is 5.41 Å². The summed E-state index contributed by atoms with van der Waals surface area (Å²) >= 11 is 2.59. The molecule has 1 aliphatic heterocycles. The van der Waals surface area contributed by atoms with Gasteiger partial charge in [-0.3, -0.25) is 14.9 Å². The van der Waals surface area contributed by atoms with Crippen molar-refractivity contribution in [2.75, 3.05) is 28.6 Å². The summed E-state index contributed by atoms with van der Waals surface area (Å²) in [6.45, 7) is 7.03. The van der Waals surface area contributed by atoms with Crippen LogP contribution in [0.2, 0.25) is 0 Å². The molecule has 4 rings (SSSR count). The number of ether oxygens (including phenoxy) is 1. The lowest BCUT2D eigenvalue weighted by Crippen LogP contribution is -2.38. The highest BCUT2D eigenvalue weighted by Crippen LogP contribution is 2.30. The van der Waals surface area contributed by atoms with Crippen LogP contribution >= 0.6 is 22.7 Å². The summed E-state index contributed by atoms with van der Waals surface area (Å²) in [5.41, 5.74) is 0.445. The van der Waals surface area contributed by atoms with Crippen LogP contribution in [0.5, 0.6) is 5.19 Å².